The van der Waals surface area contributed by atoms with Gasteiger partial charge in [-0.05, 0) is 6.42 Å². The molecule has 0 bridgehead atoms. The van der Waals surface area contributed by atoms with Crippen LogP contribution in [0.15, 0.2) is 12.7 Å². The summed E-state index contributed by atoms with van der Waals surface area (Å²) in [7, 11) is 1.22. The van der Waals surface area contributed by atoms with Crippen molar-refractivity contribution in [3.05, 3.63) is 12.7 Å². The summed E-state index contributed by atoms with van der Waals surface area (Å²) in [6.45, 7) is 0.301. The Morgan fingerprint density at radius 2 is 2.15 bits per heavy atom. The highest BCUT2D eigenvalue weighted by Gasteiger charge is 2.21. The van der Waals surface area contributed by atoms with Gasteiger partial charge in [0.1, 0.15) is 18.7 Å². The first kappa shape index (κ1) is 15.6. The van der Waals surface area contributed by atoms with E-state index in [-0.39, 0.29) is 19.3 Å². The van der Waals surface area contributed by atoms with E-state index in [9.17, 15) is 14.4 Å². The summed E-state index contributed by atoms with van der Waals surface area (Å²) in [6, 6.07) is -1.11. The second-order valence-corrected chi connectivity index (χ2v) is 3.98. The first-order valence-electron chi connectivity index (χ1n) is 5.94. The fraction of sp³-hybridized carbons (Fsp3) is 0.545. The summed E-state index contributed by atoms with van der Waals surface area (Å²) in [5.41, 5.74) is 0. The summed E-state index contributed by atoms with van der Waals surface area (Å²) in [5.74, 6) is -2.14. The van der Waals surface area contributed by atoms with Crippen LogP contribution in [0.2, 0.25) is 0 Å². The highest BCUT2D eigenvalue weighted by molar-refractivity contribution is 5.83. The summed E-state index contributed by atoms with van der Waals surface area (Å²) in [6.07, 6.45) is 2.78. The topological polar surface area (TPSA) is 123 Å². The van der Waals surface area contributed by atoms with Crippen molar-refractivity contribution in [1.29, 1.82) is 0 Å². The van der Waals surface area contributed by atoms with Crippen LogP contribution >= 0.6 is 0 Å². The molecule has 0 aliphatic heterocycles. The molecule has 1 aromatic rings. The van der Waals surface area contributed by atoms with Crippen molar-refractivity contribution in [2.45, 2.75) is 31.8 Å². The molecule has 0 unspecified atom stereocenters. The van der Waals surface area contributed by atoms with Gasteiger partial charge in [0.15, 0.2) is 0 Å². The van der Waals surface area contributed by atoms with Crippen LogP contribution < -0.4 is 5.32 Å². The van der Waals surface area contributed by atoms with Crippen molar-refractivity contribution in [1.82, 2.24) is 20.1 Å². The van der Waals surface area contributed by atoms with E-state index >= 15 is 0 Å². The number of aromatic nitrogens is 3. The molecule has 9 heteroatoms. The van der Waals surface area contributed by atoms with E-state index in [1.165, 1.54) is 24.4 Å². The lowest BCUT2D eigenvalue weighted by molar-refractivity contribution is -0.144. The number of carbonyl (C=O) groups is 3. The van der Waals surface area contributed by atoms with Crippen LogP contribution in [0, 0.1) is 0 Å². The molecule has 1 heterocycles. The molecule has 0 aliphatic rings. The second-order valence-electron chi connectivity index (χ2n) is 3.98. The molecule has 0 aromatic carbocycles. The third-order valence-corrected chi connectivity index (χ3v) is 2.53. The monoisotopic (exact) mass is 284 g/mol. The Balaban J connectivity index is 2.38. The zero-order chi connectivity index (χ0) is 15.0. The Hall–Kier alpha value is -2.45. The number of esters is 1. The molecule has 9 nitrogen and oxygen atoms in total. The number of carboxylic acids is 1. The summed E-state index contributed by atoms with van der Waals surface area (Å²) < 4.78 is 5.88. The number of aliphatic carboxylic acids is 1. The smallest absolute Gasteiger partial charge is 0.326 e. The number of nitrogens with one attached hydrogen (secondary N) is 1. The van der Waals surface area contributed by atoms with Gasteiger partial charge in [-0.2, -0.15) is 5.10 Å². The predicted molar refractivity (Wildman–Crippen MR) is 65.5 cm³/mol. The molecule has 0 aliphatic carbocycles. The van der Waals surface area contributed by atoms with E-state index < -0.39 is 23.9 Å². The molecule has 0 fully saturated rings. The average molecular weight is 284 g/mol. The van der Waals surface area contributed by atoms with Gasteiger partial charge in [-0.25, -0.2) is 9.78 Å². The van der Waals surface area contributed by atoms with Gasteiger partial charge in [0.2, 0.25) is 5.91 Å². The van der Waals surface area contributed by atoms with Gasteiger partial charge in [0, 0.05) is 12.8 Å². The molecule has 1 aromatic heterocycles. The first-order chi connectivity index (χ1) is 9.52. The Labute approximate surface area is 114 Å². The van der Waals surface area contributed by atoms with Gasteiger partial charge in [-0.15, -0.1) is 0 Å². The van der Waals surface area contributed by atoms with Crippen LogP contribution in [-0.2, 0) is 25.7 Å². The molecule has 1 atom stereocenters. The number of hydrogen-bond donors (Lipinski definition) is 2. The molecule has 0 spiro atoms. The SMILES string of the molecule is COC(=O)CC[C@@H](NC(=O)CCn1cncn1)C(=O)O. The second kappa shape index (κ2) is 7.87. The van der Waals surface area contributed by atoms with E-state index in [0.29, 0.717) is 6.54 Å². The van der Waals surface area contributed by atoms with Crippen LogP contribution in [-0.4, -0.2) is 50.9 Å². The number of aryl methyl sites for hydroxylation is 1. The number of ether oxygens (including phenoxy) is 1. The van der Waals surface area contributed by atoms with Crippen molar-refractivity contribution in [3.63, 3.8) is 0 Å². The average Bonchev–Trinajstić information content (AvgIpc) is 2.93. The minimum Gasteiger partial charge on any atom is -0.480 e. The van der Waals surface area contributed by atoms with Crippen LogP contribution in [0.1, 0.15) is 19.3 Å². The maximum absolute atomic E-state index is 11.6. The summed E-state index contributed by atoms with van der Waals surface area (Å²) in [5, 5.41) is 15.1. The lowest BCUT2D eigenvalue weighted by Crippen LogP contribution is -2.41. The number of nitrogens with zero attached hydrogens (tertiary/aromatic N) is 3. The zero-order valence-corrected chi connectivity index (χ0v) is 11.0. The molecular formula is C11H16N4O5. The Bertz CT molecular complexity index is 459. The number of methoxy groups -OCH3 is 1. The van der Waals surface area contributed by atoms with Crippen molar-refractivity contribution in [2.24, 2.45) is 0 Å². The lowest BCUT2D eigenvalue weighted by Gasteiger charge is -2.13. The molecule has 1 amide bonds. The Kier molecular flexibility index (Phi) is 6.14. The van der Waals surface area contributed by atoms with E-state index in [4.69, 9.17) is 5.11 Å². The van der Waals surface area contributed by atoms with Crippen LogP contribution in [0.3, 0.4) is 0 Å². The van der Waals surface area contributed by atoms with Gasteiger partial charge in [-0.3, -0.25) is 14.3 Å². The van der Waals surface area contributed by atoms with Gasteiger partial charge >= 0.3 is 11.9 Å². The normalized spacial score (nSPS) is 11.7. The standard InChI is InChI=1S/C11H16N4O5/c1-20-10(17)3-2-8(11(18)19)14-9(16)4-5-15-7-12-6-13-15/h6-8H,2-5H2,1H3,(H,14,16)(H,18,19)/t8-/m1/s1. The highest BCUT2D eigenvalue weighted by Crippen LogP contribution is 2.00. The van der Waals surface area contributed by atoms with Crippen LogP contribution in [0.4, 0.5) is 0 Å². The molecule has 0 saturated heterocycles. The van der Waals surface area contributed by atoms with E-state index in [0.717, 1.165) is 0 Å². The van der Waals surface area contributed by atoms with E-state index in [1.807, 2.05) is 0 Å². The van der Waals surface area contributed by atoms with Crippen LogP contribution in [0.5, 0.6) is 0 Å². The van der Waals surface area contributed by atoms with E-state index in [1.54, 1.807) is 0 Å². The summed E-state index contributed by atoms with van der Waals surface area (Å²) in [4.78, 5) is 37.3. The van der Waals surface area contributed by atoms with Gasteiger partial charge < -0.3 is 15.2 Å². The Morgan fingerprint density at radius 1 is 1.40 bits per heavy atom. The molecule has 0 radical (unpaired) electrons. The van der Waals surface area contributed by atoms with Gasteiger partial charge in [-0.1, -0.05) is 0 Å². The van der Waals surface area contributed by atoms with Gasteiger partial charge in [0.05, 0.1) is 13.7 Å². The molecule has 1 rings (SSSR count). The fourth-order valence-electron chi connectivity index (χ4n) is 1.45. The van der Waals surface area contributed by atoms with Crippen molar-refractivity contribution >= 4 is 17.8 Å². The zero-order valence-electron chi connectivity index (χ0n) is 11.0. The number of amides is 1. The number of hydrogen-bond acceptors (Lipinski definition) is 6. The number of carbonyl (C=O) groups excluding carboxylic acids is 2. The Morgan fingerprint density at radius 3 is 2.70 bits per heavy atom. The third kappa shape index (κ3) is 5.46. The molecule has 20 heavy (non-hydrogen) atoms. The van der Waals surface area contributed by atoms with Crippen molar-refractivity contribution in [3.8, 4) is 0 Å². The molecular weight excluding hydrogens is 268 g/mol. The summed E-state index contributed by atoms with van der Waals surface area (Å²) >= 11 is 0. The quantitative estimate of drug-likeness (QED) is 0.598. The molecule has 0 saturated carbocycles. The molecule has 110 valence electrons. The minimum absolute atomic E-state index is 0.0168. The number of rotatable bonds is 8. The fourth-order valence-corrected chi connectivity index (χ4v) is 1.45. The van der Waals surface area contributed by atoms with Crippen molar-refractivity contribution in [2.75, 3.05) is 7.11 Å². The maximum atomic E-state index is 11.6. The predicted octanol–water partition coefficient (Wildman–Crippen LogP) is -0.809. The van der Waals surface area contributed by atoms with Crippen LogP contribution in [0.25, 0.3) is 0 Å². The minimum atomic E-state index is -1.19. The maximum Gasteiger partial charge on any atom is 0.326 e. The van der Waals surface area contributed by atoms with E-state index in [2.05, 4.69) is 20.1 Å². The lowest BCUT2D eigenvalue weighted by atomic mass is 10.1. The first-order valence-corrected chi connectivity index (χ1v) is 5.94. The largest absolute Gasteiger partial charge is 0.480 e. The molecule has 2 N–H and O–H groups in total. The number of carboxylic acid groups (broad SMARTS) is 1. The highest BCUT2D eigenvalue weighted by atomic mass is 16.5. The third-order valence-electron chi connectivity index (χ3n) is 2.53. The van der Waals surface area contributed by atoms with Crippen molar-refractivity contribution < 1.29 is 24.2 Å². The van der Waals surface area contributed by atoms with Gasteiger partial charge in [0.25, 0.3) is 0 Å².